The van der Waals surface area contributed by atoms with Crippen molar-refractivity contribution in [2.45, 2.75) is 13.0 Å². The van der Waals surface area contributed by atoms with Crippen molar-refractivity contribution < 1.29 is 14.3 Å². The lowest BCUT2D eigenvalue weighted by Crippen LogP contribution is -2.34. The van der Waals surface area contributed by atoms with E-state index in [1.54, 1.807) is 11.3 Å². The van der Waals surface area contributed by atoms with Crippen molar-refractivity contribution >= 4 is 23.3 Å². The summed E-state index contributed by atoms with van der Waals surface area (Å²) in [5.74, 6) is 1.46. The van der Waals surface area contributed by atoms with Crippen LogP contribution in [0.1, 0.15) is 23.4 Å². The Bertz CT molecular complexity index is 769. The Morgan fingerprint density at radius 1 is 1.32 bits per heavy atom. The predicted octanol–water partition coefficient (Wildman–Crippen LogP) is 3.30. The van der Waals surface area contributed by atoms with Crippen molar-refractivity contribution in [3.05, 3.63) is 51.7 Å². The van der Waals surface area contributed by atoms with Crippen LogP contribution in [-0.4, -0.2) is 38.2 Å². The molecule has 5 nitrogen and oxygen atoms in total. The normalized spacial score (nSPS) is 14.6. The highest BCUT2D eigenvalue weighted by atomic mass is 32.1. The summed E-state index contributed by atoms with van der Waals surface area (Å²) < 4.78 is 10.8. The molecule has 1 unspecified atom stereocenters. The fraction of sp³-hybridized carbons (Fsp3) is 0.316. The van der Waals surface area contributed by atoms with E-state index in [1.165, 1.54) is 0 Å². The summed E-state index contributed by atoms with van der Waals surface area (Å²) in [4.78, 5) is 15.5. The van der Waals surface area contributed by atoms with E-state index in [0.29, 0.717) is 12.1 Å². The molecule has 0 aliphatic carbocycles. The van der Waals surface area contributed by atoms with Gasteiger partial charge in [0.15, 0.2) is 11.5 Å². The molecule has 0 radical (unpaired) electrons. The van der Waals surface area contributed by atoms with Crippen molar-refractivity contribution in [1.29, 1.82) is 0 Å². The van der Waals surface area contributed by atoms with Gasteiger partial charge in [-0.15, -0.1) is 11.3 Å². The van der Waals surface area contributed by atoms with Crippen LogP contribution < -0.4 is 14.8 Å². The third-order valence-corrected chi connectivity index (χ3v) is 4.94. The van der Waals surface area contributed by atoms with Crippen LogP contribution in [-0.2, 0) is 4.79 Å². The second-order valence-corrected chi connectivity index (χ2v) is 7.12. The number of nitrogens with zero attached hydrogens (tertiary/aromatic N) is 1. The third kappa shape index (κ3) is 4.21. The van der Waals surface area contributed by atoms with Crippen molar-refractivity contribution in [2.75, 3.05) is 27.4 Å². The van der Waals surface area contributed by atoms with Crippen molar-refractivity contribution in [3.63, 3.8) is 0 Å². The Morgan fingerprint density at radius 2 is 2.12 bits per heavy atom. The molecule has 132 valence electrons. The standard InChI is InChI=1S/C19H22N2O3S/c1-13(9-15-5-4-8-25-15)19(22)20-11-16(21(2)3)14-6-7-17-18(10-14)24-12-23-17/h4-10,16H,11-12H2,1-3H3,(H,20,22)/b13-9+. The lowest BCUT2D eigenvalue weighted by molar-refractivity contribution is -0.117. The fourth-order valence-corrected chi connectivity index (χ4v) is 3.42. The zero-order valence-corrected chi connectivity index (χ0v) is 15.4. The molecule has 1 aliphatic rings. The van der Waals surface area contributed by atoms with Gasteiger partial charge in [-0.05, 0) is 56.2 Å². The lowest BCUT2D eigenvalue weighted by Gasteiger charge is -2.25. The number of carbonyl (C=O) groups is 1. The van der Waals surface area contributed by atoms with E-state index in [4.69, 9.17) is 9.47 Å². The average Bonchev–Trinajstić information content (AvgIpc) is 3.25. The lowest BCUT2D eigenvalue weighted by atomic mass is 10.0. The molecular weight excluding hydrogens is 336 g/mol. The van der Waals surface area contributed by atoms with Crippen LogP contribution in [0, 0.1) is 0 Å². The Hall–Kier alpha value is -2.31. The first-order valence-electron chi connectivity index (χ1n) is 8.10. The van der Waals surface area contributed by atoms with Gasteiger partial charge in [-0.1, -0.05) is 12.1 Å². The zero-order valence-electron chi connectivity index (χ0n) is 14.6. The van der Waals surface area contributed by atoms with E-state index in [-0.39, 0.29) is 18.7 Å². The van der Waals surface area contributed by atoms with Gasteiger partial charge in [0.05, 0.1) is 6.04 Å². The molecule has 1 atom stereocenters. The molecule has 1 aromatic carbocycles. The molecule has 0 saturated carbocycles. The number of benzene rings is 1. The second kappa shape index (κ2) is 7.72. The summed E-state index contributed by atoms with van der Waals surface area (Å²) in [6, 6.07) is 9.93. The Balaban J connectivity index is 1.67. The summed E-state index contributed by atoms with van der Waals surface area (Å²) in [5, 5.41) is 5.02. The summed E-state index contributed by atoms with van der Waals surface area (Å²) in [5.41, 5.74) is 1.78. The number of nitrogens with one attached hydrogen (secondary N) is 1. The van der Waals surface area contributed by atoms with Crippen LogP contribution in [0.3, 0.4) is 0 Å². The Morgan fingerprint density at radius 3 is 2.84 bits per heavy atom. The minimum absolute atomic E-state index is 0.0491. The van der Waals surface area contributed by atoms with Gasteiger partial charge in [-0.25, -0.2) is 0 Å². The molecule has 1 aromatic heterocycles. The quantitative estimate of drug-likeness (QED) is 0.805. The van der Waals surface area contributed by atoms with Crippen LogP contribution in [0.15, 0.2) is 41.3 Å². The molecule has 1 N–H and O–H groups in total. The van der Waals surface area contributed by atoms with E-state index in [0.717, 1.165) is 21.9 Å². The highest BCUT2D eigenvalue weighted by molar-refractivity contribution is 7.10. The number of fused-ring (bicyclic) bond motifs is 1. The van der Waals surface area contributed by atoms with Crippen LogP contribution in [0.25, 0.3) is 6.08 Å². The second-order valence-electron chi connectivity index (χ2n) is 6.14. The smallest absolute Gasteiger partial charge is 0.247 e. The van der Waals surface area contributed by atoms with Crippen LogP contribution >= 0.6 is 11.3 Å². The molecule has 0 bridgehead atoms. The van der Waals surface area contributed by atoms with Crippen molar-refractivity contribution in [3.8, 4) is 11.5 Å². The maximum absolute atomic E-state index is 12.4. The SMILES string of the molecule is C/C(=C\c1cccs1)C(=O)NCC(c1ccc2c(c1)OCO2)N(C)C. The molecule has 0 saturated heterocycles. The summed E-state index contributed by atoms with van der Waals surface area (Å²) in [7, 11) is 3.99. The zero-order chi connectivity index (χ0) is 17.8. The molecule has 0 fully saturated rings. The van der Waals surface area contributed by atoms with Gasteiger partial charge >= 0.3 is 0 Å². The number of carbonyl (C=O) groups excluding carboxylic acids is 1. The maximum atomic E-state index is 12.4. The predicted molar refractivity (Wildman–Crippen MR) is 100.0 cm³/mol. The van der Waals surface area contributed by atoms with Gasteiger partial charge in [0, 0.05) is 17.0 Å². The summed E-state index contributed by atoms with van der Waals surface area (Å²) in [6.45, 7) is 2.61. The monoisotopic (exact) mass is 358 g/mol. The van der Waals surface area contributed by atoms with Crippen LogP contribution in [0.5, 0.6) is 11.5 Å². The number of hydrogen-bond donors (Lipinski definition) is 1. The van der Waals surface area contributed by atoms with Gasteiger partial charge < -0.3 is 19.7 Å². The van der Waals surface area contributed by atoms with E-state index in [2.05, 4.69) is 10.2 Å². The minimum Gasteiger partial charge on any atom is -0.454 e. The molecule has 1 aliphatic heterocycles. The van der Waals surface area contributed by atoms with E-state index in [1.807, 2.05) is 62.8 Å². The Labute approximate surface area is 151 Å². The number of thiophene rings is 1. The van der Waals surface area contributed by atoms with E-state index >= 15 is 0 Å². The van der Waals surface area contributed by atoms with Crippen molar-refractivity contribution in [2.24, 2.45) is 0 Å². The number of rotatable bonds is 6. The van der Waals surface area contributed by atoms with E-state index in [9.17, 15) is 4.79 Å². The van der Waals surface area contributed by atoms with Crippen LogP contribution in [0.4, 0.5) is 0 Å². The van der Waals surface area contributed by atoms with Gasteiger partial charge in [0.1, 0.15) is 0 Å². The molecule has 0 spiro atoms. The molecule has 25 heavy (non-hydrogen) atoms. The van der Waals surface area contributed by atoms with Crippen LogP contribution in [0.2, 0.25) is 0 Å². The summed E-state index contributed by atoms with van der Waals surface area (Å²) in [6.07, 6.45) is 1.91. The average molecular weight is 358 g/mol. The Kier molecular flexibility index (Phi) is 5.40. The maximum Gasteiger partial charge on any atom is 0.247 e. The number of hydrogen-bond acceptors (Lipinski definition) is 5. The highest BCUT2D eigenvalue weighted by Crippen LogP contribution is 2.34. The fourth-order valence-electron chi connectivity index (χ4n) is 2.70. The van der Waals surface area contributed by atoms with Gasteiger partial charge in [0.2, 0.25) is 12.7 Å². The topological polar surface area (TPSA) is 50.8 Å². The number of amides is 1. The van der Waals surface area contributed by atoms with Gasteiger partial charge in [-0.3, -0.25) is 4.79 Å². The largest absolute Gasteiger partial charge is 0.454 e. The molecule has 6 heteroatoms. The van der Waals surface area contributed by atoms with Gasteiger partial charge in [-0.2, -0.15) is 0 Å². The molecular formula is C19H22N2O3S. The molecule has 2 aromatic rings. The number of likely N-dealkylation sites (N-methyl/N-ethyl adjacent to an activating group) is 1. The first-order valence-corrected chi connectivity index (χ1v) is 8.98. The van der Waals surface area contributed by atoms with Gasteiger partial charge in [0.25, 0.3) is 0 Å². The first-order chi connectivity index (χ1) is 12.0. The molecule has 2 heterocycles. The first kappa shape index (κ1) is 17.5. The summed E-state index contributed by atoms with van der Waals surface area (Å²) >= 11 is 1.62. The van der Waals surface area contributed by atoms with Crippen molar-refractivity contribution in [1.82, 2.24) is 10.2 Å². The number of ether oxygens (including phenoxy) is 2. The third-order valence-electron chi connectivity index (χ3n) is 4.12. The highest BCUT2D eigenvalue weighted by Gasteiger charge is 2.20. The van der Waals surface area contributed by atoms with E-state index < -0.39 is 0 Å². The molecule has 3 rings (SSSR count). The molecule has 1 amide bonds. The minimum atomic E-state index is -0.0546.